The van der Waals surface area contributed by atoms with Crippen LogP contribution in [-0.2, 0) is 6.18 Å². The Morgan fingerprint density at radius 2 is 2.11 bits per heavy atom. The Morgan fingerprint density at radius 1 is 1.39 bits per heavy atom. The van der Waals surface area contributed by atoms with E-state index in [1.807, 2.05) is 7.05 Å². The molecule has 1 heterocycles. The molecule has 0 aliphatic carbocycles. The molecule has 1 fully saturated rings. The Hall–Kier alpha value is -0.750. The van der Waals surface area contributed by atoms with Crippen molar-refractivity contribution < 1.29 is 13.2 Å². The maximum atomic E-state index is 12.7. The number of hydrogen-bond donors (Lipinski definition) is 1. The van der Waals surface area contributed by atoms with Crippen LogP contribution in [-0.4, -0.2) is 31.1 Å². The van der Waals surface area contributed by atoms with E-state index >= 15 is 0 Å². The summed E-state index contributed by atoms with van der Waals surface area (Å²) in [7, 11) is 2.00. The van der Waals surface area contributed by atoms with Crippen LogP contribution in [0.4, 0.5) is 18.9 Å². The summed E-state index contributed by atoms with van der Waals surface area (Å²) in [6.07, 6.45) is -3.38. The van der Waals surface area contributed by atoms with Gasteiger partial charge in [0, 0.05) is 22.7 Å². The first-order valence-electron chi connectivity index (χ1n) is 5.68. The van der Waals surface area contributed by atoms with Gasteiger partial charge in [0.2, 0.25) is 0 Å². The number of halogens is 4. The highest BCUT2D eigenvalue weighted by molar-refractivity contribution is 9.10. The van der Waals surface area contributed by atoms with Crippen molar-refractivity contribution in [3.63, 3.8) is 0 Å². The number of hydrogen-bond acceptors (Lipinski definition) is 2. The van der Waals surface area contributed by atoms with E-state index in [0.29, 0.717) is 5.69 Å². The molecule has 1 aliphatic heterocycles. The molecule has 1 saturated heterocycles. The third-order valence-corrected chi connectivity index (χ3v) is 3.73. The van der Waals surface area contributed by atoms with Gasteiger partial charge >= 0.3 is 6.18 Å². The second-order valence-electron chi connectivity index (χ2n) is 4.58. The zero-order valence-electron chi connectivity index (χ0n) is 9.89. The molecule has 18 heavy (non-hydrogen) atoms. The van der Waals surface area contributed by atoms with E-state index in [1.54, 1.807) is 6.07 Å². The lowest BCUT2D eigenvalue weighted by Gasteiger charge is -2.16. The Kier molecular flexibility index (Phi) is 3.87. The fourth-order valence-corrected chi connectivity index (χ4v) is 2.59. The molecule has 0 amide bonds. The summed E-state index contributed by atoms with van der Waals surface area (Å²) in [6.45, 7) is 1.83. The number of likely N-dealkylation sites (tertiary alicyclic amines) is 1. The van der Waals surface area contributed by atoms with Crippen LogP contribution in [0.5, 0.6) is 0 Å². The minimum atomic E-state index is -4.33. The van der Waals surface area contributed by atoms with Gasteiger partial charge in [-0.3, -0.25) is 0 Å². The van der Waals surface area contributed by atoms with E-state index in [1.165, 1.54) is 6.07 Å². The van der Waals surface area contributed by atoms with Crippen molar-refractivity contribution in [3.05, 3.63) is 28.2 Å². The molecule has 0 aromatic heterocycles. The molecule has 1 aromatic carbocycles. The zero-order chi connectivity index (χ0) is 13.3. The van der Waals surface area contributed by atoms with Gasteiger partial charge in [-0.15, -0.1) is 0 Å². The number of nitrogens with one attached hydrogen (secondary N) is 1. The maximum absolute atomic E-state index is 12.7. The fraction of sp³-hybridized carbons (Fsp3) is 0.500. The summed E-state index contributed by atoms with van der Waals surface area (Å²) in [5.74, 6) is 0. The van der Waals surface area contributed by atoms with Crippen molar-refractivity contribution >= 4 is 21.6 Å². The molecule has 1 aromatic rings. The maximum Gasteiger partial charge on any atom is 0.417 e. The lowest BCUT2D eigenvalue weighted by Crippen LogP contribution is -2.23. The highest BCUT2D eigenvalue weighted by atomic mass is 79.9. The number of anilines is 1. The SMILES string of the molecule is CN1CCC(Nc2ccc(Br)c(C(F)(F)F)c2)C1. The smallest absolute Gasteiger partial charge is 0.381 e. The minimum absolute atomic E-state index is 0.0732. The molecule has 1 unspecified atom stereocenters. The Morgan fingerprint density at radius 3 is 2.67 bits per heavy atom. The molecule has 0 spiro atoms. The third kappa shape index (κ3) is 3.17. The highest BCUT2D eigenvalue weighted by Crippen LogP contribution is 2.36. The van der Waals surface area contributed by atoms with Crippen LogP contribution in [0.15, 0.2) is 22.7 Å². The van der Waals surface area contributed by atoms with Gasteiger partial charge in [0.05, 0.1) is 5.56 Å². The predicted octanol–water partition coefficient (Wildman–Crippen LogP) is 3.58. The summed E-state index contributed by atoms with van der Waals surface area (Å²) in [5.41, 5.74) is -0.121. The lowest BCUT2D eigenvalue weighted by atomic mass is 10.1. The molecular formula is C12H14BrF3N2. The summed E-state index contributed by atoms with van der Waals surface area (Å²) >= 11 is 2.93. The van der Waals surface area contributed by atoms with E-state index < -0.39 is 11.7 Å². The molecule has 0 bridgehead atoms. The molecular weight excluding hydrogens is 309 g/mol. The van der Waals surface area contributed by atoms with E-state index in [9.17, 15) is 13.2 Å². The van der Waals surface area contributed by atoms with Gasteiger partial charge in [-0.25, -0.2) is 0 Å². The number of likely N-dealkylation sites (N-methyl/N-ethyl adjacent to an activating group) is 1. The second kappa shape index (κ2) is 5.09. The second-order valence-corrected chi connectivity index (χ2v) is 5.44. The van der Waals surface area contributed by atoms with Crippen molar-refractivity contribution in [2.24, 2.45) is 0 Å². The number of nitrogens with zero attached hydrogens (tertiary/aromatic N) is 1. The summed E-state index contributed by atoms with van der Waals surface area (Å²) in [6, 6.07) is 4.47. The fourth-order valence-electron chi connectivity index (χ4n) is 2.12. The molecule has 100 valence electrons. The first-order chi connectivity index (χ1) is 8.36. The molecule has 0 saturated carbocycles. The third-order valence-electron chi connectivity index (χ3n) is 3.03. The van der Waals surface area contributed by atoms with Gasteiger partial charge < -0.3 is 10.2 Å². The zero-order valence-corrected chi connectivity index (χ0v) is 11.5. The van der Waals surface area contributed by atoms with E-state index in [4.69, 9.17) is 0 Å². The van der Waals surface area contributed by atoms with E-state index in [-0.39, 0.29) is 10.5 Å². The normalized spacial score (nSPS) is 21.3. The van der Waals surface area contributed by atoms with Crippen molar-refractivity contribution in [1.29, 1.82) is 0 Å². The van der Waals surface area contributed by atoms with Gasteiger partial charge in [0.25, 0.3) is 0 Å². The van der Waals surface area contributed by atoms with Gasteiger partial charge in [0.15, 0.2) is 0 Å². The van der Waals surface area contributed by atoms with Gasteiger partial charge in [-0.05, 0) is 38.2 Å². The van der Waals surface area contributed by atoms with Crippen LogP contribution < -0.4 is 5.32 Å². The first kappa shape index (κ1) is 13.7. The number of rotatable bonds is 2. The van der Waals surface area contributed by atoms with Crippen LogP contribution in [0.25, 0.3) is 0 Å². The summed E-state index contributed by atoms with van der Waals surface area (Å²) in [5, 5.41) is 3.15. The molecule has 1 N–H and O–H groups in total. The monoisotopic (exact) mass is 322 g/mol. The van der Waals surface area contributed by atoms with Gasteiger partial charge in [0.1, 0.15) is 0 Å². The molecule has 1 aliphatic rings. The van der Waals surface area contributed by atoms with Crippen LogP contribution in [0.2, 0.25) is 0 Å². The summed E-state index contributed by atoms with van der Waals surface area (Å²) in [4.78, 5) is 2.15. The van der Waals surface area contributed by atoms with Crippen molar-refractivity contribution in [3.8, 4) is 0 Å². The van der Waals surface area contributed by atoms with Crippen LogP contribution in [0.3, 0.4) is 0 Å². The Labute approximate surface area is 112 Å². The van der Waals surface area contributed by atoms with Crippen molar-refractivity contribution in [1.82, 2.24) is 4.90 Å². The lowest BCUT2D eigenvalue weighted by molar-refractivity contribution is -0.138. The van der Waals surface area contributed by atoms with Crippen LogP contribution in [0.1, 0.15) is 12.0 Å². The molecule has 6 heteroatoms. The minimum Gasteiger partial charge on any atom is -0.381 e. The molecule has 2 nitrogen and oxygen atoms in total. The molecule has 2 rings (SSSR count). The van der Waals surface area contributed by atoms with E-state index in [0.717, 1.165) is 25.6 Å². The average Bonchev–Trinajstić information content (AvgIpc) is 2.65. The quantitative estimate of drug-likeness (QED) is 0.895. The van der Waals surface area contributed by atoms with Crippen LogP contribution in [0, 0.1) is 0 Å². The Balaban J connectivity index is 2.15. The topological polar surface area (TPSA) is 15.3 Å². The average molecular weight is 323 g/mol. The van der Waals surface area contributed by atoms with Crippen molar-refractivity contribution in [2.45, 2.75) is 18.6 Å². The van der Waals surface area contributed by atoms with Gasteiger partial charge in [-0.1, -0.05) is 15.9 Å². The Bertz CT molecular complexity index is 434. The highest BCUT2D eigenvalue weighted by Gasteiger charge is 2.33. The molecule has 0 radical (unpaired) electrons. The number of benzene rings is 1. The van der Waals surface area contributed by atoms with Crippen LogP contribution >= 0.6 is 15.9 Å². The first-order valence-corrected chi connectivity index (χ1v) is 6.47. The standard InChI is InChI=1S/C12H14BrF3N2/c1-18-5-4-9(7-18)17-8-2-3-11(13)10(6-8)12(14,15)16/h2-3,6,9,17H,4-5,7H2,1H3. The van der Waals surface area contributed by atoms with E-state index in [2.05, 4.69) is 26.1 Å². The largest absolute Gasteiger partial charge is 0.417 e. The van der Waals surface area contributed by atoms with Crippen molar-refractivity contribution in [2.75, 3.05) is 25.5 Å². The van der Waals surface area contributed by atoms with Gasteiger partial charge in [-0.2, -0.15) is 13.2 Å². The molecule has 1 atom stereocenters. The predicted molar refractivity (Wildman–Crippen MR) is 68.7 cm³/mol. The number of alkyl halides is 3. The summed E-state index contributed by atoms with van der Waals surface area (Å²) < 4.78 is 38.3.